The van der Waals surface area contributed by atoms with Gasteiger partial charge in [-0.1, -0.05) is 23.7 Å². The summed E-state index contributed by atoms with van der Waals surface area (Å²) in [5, 5.41) is 0.673. The number of carbonyl (C=O) groups excluding carboxylic acids is 1. The zero-order valence-electron chi connectivity index (χ0n) is 14.1. The van der Waals surface area contributed by atoms with Crippen LogP contribution in [0, 0.1) is 11.8 Å². The topological polar surface area (TPSA) is 38.8 Å². The minimum absolute atomic E-state index is 0.0520. The SMILES string of the molecule is O=C1C(c2ccc(Cl)cc2)=COC2C1CCC1OCN(C3CC3)CC12. The number of Topliss-reactive ketones (excluding diaryl/α,β-unsaturated/α-hetero) is 1. The first-order valence-corrected chi connectivity index (χ1v) is 9.60. The molecule has 0 bridgehead atoms. The van der Waals surface area contributed by atoms with Crippen molar-refractivity contribution in [3.63, 3.8) is 0 Å². The molecule has 0 N–H and O–H groups in total. The maximum atomic E-state index is 13.1. The molecule has 0 radical (unpaired) electrons. The summed E-state index contributed by atoms with van der Waals surface area (Å²) in [4.78, 5) is 15.5. The van der Waals surface area contributed by atoms with Gasteiger partial charge in [-0.25, -0.2) is 0 Å². The Morgan fingerprint density at radius 2 is 1.88 bits per heavy atom. The van der Waals surface area contributed by atoms with Crippen LogP contribution in [0.25, 0.3) is 5.57 Å². The molecule has 3 fully saturated rings. The third kappa shape index (κ3) is 2.80. The lowest BCUT2D eigenvalue weighted by Gasteiger charge is -2.48. The molecule has 2 aliphatic heterocycles. The number of fused-ring (bicyclic) bond motifs is 3. The van der Waals surface area contributed by atoms with Crippen molar-refractivity contribution in [2.24, 2.45) is 11.8 Å². The van der Waals surface area contributed by atoms with Gasteiger partial charge in [-0.05, 0) is 43.4 Å². The van der Waals surface area contributed by atoms with Gasteiger partial charge in [-0.3, -0.25) is 9.69 Å². The summed E-state index contributed by atoms with van der Waals surface area (Å²) in [5.74, 6) is 0.445. The van der Waals surface area contributed by atoms with Crippen LogP contribution < -0.4 is 0 Å². The number of rotatable bonds is 2. The van der Waals surface area contributed by atoms with Gasteiger partial charge in [-0.2, -0.15) is 0 Å². The van der Waals surface area contributed by atoms with Crippen molar-refractivity contribution in [3.05, 3.63) is 41.1 Å². The zero-order chi connectivity index (χ0) is 17.0. The van der Waals surface area contributed by atoms with Crippen LogP contribution in [0.4, 0.5) is 0 Å². The van der Waals surface area contributed by atoms with Crippen LogP contribution in [0.5, 0.6) is 0 Å². The Kier molecular flexibility index (Phi) is 3.88. The molecule has 1 saturated heterocycles. The maximum Gasteiger partial charge on any atom is 0.173 e. The highest BCUT2D eigenvalue weighted by Gasteiger charge is 2.50. The van der Waals surface area contributed by atoms with E-state index in [2.05, 4.69) is 4.90 Å². The first-order chi connectivity index (χ1) is 12.2. The van der Waals surface area contributed by atoms with E-state index in [-0.39, 0.29) is 23.9 Å². The summed E-state index contributed by atoms with van der Waals surface area (Å²) in [7, 11) is 0. The molecule has 1 aromatic carbocycles. The Morgan fingerprint density at radius 3 is 2.64 bits per heavy atom. The van der Waals surface area contributed by atoms with Crippen LogP contribution in [-0.2, 0) is 14.3 Å². The van der Waals surface area contributed by atoms with Crippen molar-refractivity contribution < 1.29 is 14.3 Å². The normalized spacial score (nSPS) is 35.4. The van der Waals surface area contributed by atoms with Crippen molar-refractivity contribution in [2.45, 2.75) is 43.9 Å². The molecule has 1 aromatic rings. The predicted molar refractivity (Wildman–Crippen MR) is 95.0 cm³/mol. The Labute approximate surface area is 152 Å². The summed E-state index contributed by atoms with van der Waals surface area (Å²) in [5.41, 5.74) is 1.56. The van der Waals surface area contributed by atoms with E-state index in [1.54, 1.807) is 6.26 Å². The number of ketones is 1. The van der Waals surface area contributed by atoms with E-state index in [0.717, 1.165) is 31.7 Å². The van der Waals surface area contributed by atoms with Gasteiger partial charge in [-0.15, -0.1) is 0 Å². The molecule has 4 unspecified atom stereocenters. The van der Waals surface area contributed by atoms with E-state index in [9.17, 15) is 4.79 Å². The molecule has 0 amide bonds. The lowest BCUT2D eigenvalue weighted by Crippen LogP contribution is -2.56. The standard InChI is InChI=1S/C20H22ClNO3/c21-13-3-1-12(2-4-13)17-10-24-20-15(19(17)23)7-8-18-16(20)9-22(11-25-18)14-5-6-14/h1-4,10,14-16,18,20H,5-9,11H2. The van der Waals surface area contributed by atoms with Crippen LogP contribution in [0.15, 0.2) is 30.5 Å². The highest BCUT2D eigenvalue weighted by atomic mass is 35.5. The molecule has 4 aliphatic rings. The Morgan fingerprint density at radius 1 is 1.08 bits per heavy atom. The molecule has 0 spiro atoms. The Balaban J connectivity index is 1.40. The quantitative estimate of drug-likeness (QED) is 0.810. The van der Waals surface area contributed by atoms with Crippen LogP contribution in [0.3, 0.4) is 0 Å². The second-order valence-corrected chi connectivity index (χ2v) is 8.12. The van der Waals surface area contributed by atoms with E-state index in [1.165, 1.54) is 12.8 Å². The van der Waals surface area contributed by atoms with Gasteiger partial charge in [0.2, 0.25) is 0 Å². The van der Waals surface area contributed by atoms with Crippen molar-refractivity contribution in [1.82, 2.24) is 4.90 Å². The minimum Gasteiger partial charge on any atom is -0.496 e. The van der Waals surface area contributed by atoms with E-state index < -0.39 is 0 Å². The van der Waals surface area contributed by atoms with Gasteiger partial charge in [0.05, 0.1) is 30.6 Å². The third-order valence-electron chi connectivity index (χ3n) is 6.12. The molecule has 2 heterocycles. The molecule has 5 rings (SSSR count). The lowest BCUT2D eigenvalue weighted by atomic mass is 9.71. The second kappa shape index (κ2) is 6.11. The van der Waals surface area contributed by atoms with Gasteiger partial charge in [0, 0.05) is 23.5 Å². The minimum atomic E-state index is -0.0559. The van der Waals surface area contributed by atoms with Crippen LogP contribution in [0.1, 0.15) is 31.2 Å². The number of hydrogen-bond acceptors (Lipinski definition) is 4. The number of allylic oxidation sites excluding steroid dienone is 1. The van der Waals surface area contributed by atoms with Gasteiger partial charge >= 0.3 is 0 Å². The lowest BCUT2D eigenvalue weighted by molar-refractivity contribution is -0.171. The predicted octanol–water partition coefficient (Wildman–Crippen LogP) is 3.50. The molecular weight excluding hydrogens is 338 g/mol. The zero-order valence-corrected chi connectivity index (χ0v) is 14.8. The first kappa shape index (κ1) is 15.9. The van der Waals surface area contributed by atoms with E-state index in [4.69, 9.17) is 21.1 Å². The van der Waals surface area contributed by atoms with Gasteiger partial charge < -0.3 is 9.47 Å². The van der Waals surface area contributed by atoms with Crippen LogP contribution >= 0.6 is 11.6 Å². The summed E-state index contributed by atoms with van der Waals surface area (Å²) < 4.78 is 12.2. The number of hydrogen-bond donors (Lipinski definition) is 0. The Bertz CT molecular complexity index is 712. The van der Waals surface area contributed by atoms with Crippen LogP contribution in [0.2, 0.25) is 5.02 Å². The number of halogens is 1. The van der Waals surface area contributed by atoms with E-state index >= 15 is 0 Å². The van der Waals surface area contributed by atoms with E-state index in [0.29, 0.717) is 22.6 Å². The maximum absolute atomic E-state index is 13.1. The molecule has 25 heavy (non-hydrogen) atoms. The van der Waals surface area contributed by atoms with Gasteiger partial charge in [0.15, 0.2) is 5.78 Å². The number of benzene rings is 1. The Hall–Kier alpha value is -1.36. The van der Waals surface area contributed by atoms with Gasteiger partial charge in [0.25, 0.3) is 0 Å². The fraction of sp³-hybridized carbons (Fsp3) is 0.550. The van der Waals surface area contributed by atoms with Crippen molar-refractivity contribution in [3.8, 4) is 0 Å². The summed E-state index contributed by atoms with van der Waals surface area (Å²) in [6, 6.07) is 8.09. The fourth-order valence-corrected chi connectivity index (χ4v) is 4.72. The first-order valence-electron chi connectivity index (χ1n) is 9.22. The van der Waals surface area contributed by atoms with E-state index in [1.807, 2.05) is 24.3 Å². The molecule has 5 heteroatoms. The highest BCUT2D eigenvalue weighted by Crippen LogP contribution is 2.43. The fourth-order valence-electron chi connectivity index (χ4n) is 4.59. The molecule has 2 aliphatic carbocycles. The van der Waals surface area contributed by atoms with Crippen molar-refractivity contribution in [1.29, 1.82) is 0 Å². The number of carbonyl (C=O) groups is 1. The number of ether oxygens (including phenoxy) is 2. The highest BCUT2D eigenvalue weighted by molar-refractivity contribution is 6.30. The molecule has 4 nitrogen and oxygen atoms in total. The molecular formula is C20H22ClNO3. The second-order valence-electron chi connectivity index (χ2n) is 7.69. The molecule has 4 atom stereocenters. The average Bonchev–Trinajstić information content (AvgIpc) is 3.47. The largest absolute Gasteiger partial charge is 0.496 e. The molecule has 132 valence electrons. The van der Waals surface area contributed by atoms with Crippen molar-refractivity contribution >= 4 is 23.0 Å². The van der Waals surface area contributed by atoms with Crippen LogP contribution in [-0.4, -0.2) is 42.2 Å². The summed E-state index contributed by atoms with van der Waals surface area (Å²) in [6.07, 6.45) is 6.19. The third-order valence-corrected chi connectivity index (χ3v) is 6.37. The van der Waals surface area contributed by atoms with Gasteiger partial charge in [0.1, 0.15) is 6.10 Å². The molecule has 2 saturated carbocycles. The molecule has 0 aromatic heterocycles. The van der Waals surface area contributed by atoms with Crippen molar-refractivity contribution in [2.75, 3.05) is 13.3 Å². The average molecular weight is 360 g/mol. The monoisotopic (exact) mass is 359 g/mol. The smallest absolute Gasteiger partial charge is 0.173 e. The summed E-state index contributed by atoms with van der Waals surface area (Å²) in [6.45, 7) is 1.73. The summed E-state index contributed by atoms with van der Waals surface area (Å²) >= 11 is 5.96. The number of nitrogens with zero attached hydrogens (tertiary/aromatic N) is 1.